The highest BCUT2D eigenvalue weighted by atomic mass is 35.5. The van der Waals surface area contributed by atoms with E-state index >= 15 is 0 Å². The number of sulfonamides is 1. The van der Waals surface area contributed by atoms with Gasteiger partial charge in [-0.25, -0.2) is 12.8 Å². The number of carbonyl (C=O) groups excluding carboxylic acids is 1. The average Bonchev–Trinajstić information content (AvgIpc) is 2.72. The molecule has 3 aromatic rings. The van der Waals surface area contributed by atoms with E-state index in [1.165, 1.54) is 30.3 Å². The molecule has 0 aliphatic carbocycles. The van der Waals surface area contributed by atoms with Crippen molar-refractivity contribution in [1.82, 2.24) is 5.32 Å². The maximum Gasteiger partial charge on any atom is 0.251 e. The molecule has 0 fully saturated rings. The Morgan fingerprint density at radius 1 is 0.968 bits per heavy atom. The van der Waals surface area contributed by atoms with Gasteiger partial charge in [-0.1, -0.05) is 47.5 Å². The smallest absolute Gasteiger partial charge is 0.251 e. The molecule has 0 saturated carbocycles. The molecular formula is C22H19Cl2FN2O3S. The van der Waals surface area contributed by atoms with Gasteiger partial charge in [-0.2, -0.15) is 0 Å². The zero-order valence-corrected chi connectivity index (χ0v) is 18.8. The lowest BCUT2D eigenvalue weighted by atomic mass is 10.1. The number of hydrogen-bond donors (Lipinski definition) is 1. The van der Waals surface area contributed by atoms with Crippen LogP contribution in [0.3, 0.4) is 0 Å². The molecular weight excluding hydrogens is 462 g/mol. The number of rotatable bonds is 7. The summed E-state index contributed by atoms with van der Waals surface area (Å²) in [6.45, 7) is -0.0239. The Labute approximate surface area is 190 Å². The maximum absolute atomic E-state index is 13.7. The van der Waals surface area contributed by atoms with Gasteiger partial charge >= 0.3 is 0 Å². The van der Waals surface area contributed by atoms with Crippen LogP contribution in [0.2, 0.25) is 10.0 Å². The second kappa shape index (κ2) is 9.68. The monoisotopic (exact) mass is 480 g/mol. The van der Waals surface area contributed by atoms with Gasteiger partial charge in [0.15, 0.2) is 0 Å². The summed E-state index contributed by atoms with van der Waals surface area (Å²) in [4.78, 5) is 12.4. The van der Waals surface area contributed by atoms with E-state index in [9.17, 15) is 17.6 Å². The van der Waals surface area contributed by atoms with Crippen molar-refractivity contribution in [2.45, 2.75) is 13.1 Å². The summed E-state index contributed by atoms with van der Waals surface area (Å²) in [5, 5.41) is 3.35. The molecule has 0 unspecified atom stereocenters. The second-order valence-corrected chi connectivity index (χ2v) is 9.51. The largest absolute Gasteiger partial charge is 0.348 e. The predicted octanol–water partition coefficient (Wildman–Crippen LogP) is 5.03. The number of nitrogens with one attached hydrogen (secondary N) is 1. The van der Waals surface area contributed by atoms with Gasteiger partial charge in [-0.15, -0.1) is 0 Å². The van der Waals surface area contributed by atoms with Gasteiger partial charge in [0.25, 0.3) is 5.91 Å². The molecule has 0 bridgehead atoms. The van der Waals surface area contributed by atoms with Gasteiger partial charge in [-0.3, -0.25) is 9.10 Å². The molecule has 0 aromatic heterocycles. The molecule has 5 nitrogen and oxygen atoms in total. The number of benzene rings is 3. The van der Waals surface area contributed by atoms with Gasteiger partial charge in [0, 0.05) is 33.3 Å². The van der Waals surface area contributed by atoms with Crippen LogP contribution in [0.4, 0.5) is 10.1 Å². The Balaban J connectivity index is 1.78. The molecule has 0 aliphatic heterocycles. The van der Waals surface area contributed by atoms with E-state index in [0.29, 0.717) is 32.4 Å². The van der Waals surface area contributed by atoms with Crippen LogP contribution in [-0.4, -0.2) is 20.6 Å². The van der Waals surface area contributed by atoms with Crippen LogP contribution in [0.1, 0.15) is 21.5 Å². The number of anilines is 1. The van der Waals surface area contributed by atoms with Crippen LogP contribution in [-0.2, 0) is 23.1 Å². The minimum absolute atomic E-state index is 0.0354. The molecule has 0 heterocycles. The normalized spacial score (nSPS) is 11.2. The average molecular weight is 481 g/mol. The summed E-state index contributed by atoms with van der Waals surface area (Å²) in [6.07, 6.45) is 1.08. The first-order valence-electron chi connectivity index (χ1n) is 9.19. The Hall–Kier alpha value is -2.61. The van der Waals surface area contributed by atoms with Gasteiger partial charge in [0.1, 0.15) is 5.82 Å². The van der Waals surface area contributed by atoms with Crippen molar-refractivity contribution >= 4 is 44.8 Å². The summed E-state index contributed by atoms with van der Waals surface area (Å²) < 4.78 is 39.6. The van der Waals surface area contributed by atoms with E-state index < -0.39 is 21.7 Å². The molecule has 9 heteroatoms. The number of amides is 1. The minimum atomic E-state index is -3.66. The molecule has 0 saturated heterocycles. The first-order chi connectivity index (χ1) is 14.7. The van der Waals surface area contributed by atoms with Gasteiger partial charge < -0.3 is 5.32 Å². The Morgan fingerprint density at radius 2 is 1.58 bits per heavy atom. The standard InChI is InChI=1S/C22H19Cl2FN2O3S/c1-31(29,30)27(14-18-19(23)6-4-7-20(18)24)17-11-9-15(10-12-17)22(28)26-13-16-5-2-3-8-21(16)25/h2-12H,13-14H2,1H3,(H,26,28). The van der Waals surface area contributed by atoms with E-state index in [-0.39, 0.29) is 13.1 Å². The lowest BCUT2D eigenvalue weighted by Gasteiger charge is -2.23. The lowest BCUT2D eigenvalue weighted by molar-refractivity contribution is 0.0950. The summed E-state index contributed by atoms with van der Waals surface area (Å²) in [6, 6.07) is 17.1. The van der Waals surface area contributed by atoms with Crippen LogP contribution >= 0.6 is 23.2 Å². The SMILES string of the molecule is CS(=O)(=O)N(Cc1c(Cl)cccc1Cl)c1ccc(C(=O)NCc2ccccc2F)cc1. The molecule has 162 valence electrons. The highest BCUT2D eigenvalue weighted by Gasteiger charge is 2.21. The topological polar surface area (TPSA) is 66.5 Å². The molecule has 0 radical (unpaired) electrons. The first-order valence-corrected chi connectivity index (χ1v) is 11.8. The lowest BCUT2D eigenvalue weighted by Crippen LogP contribution is -2.29. The quantitative estimate of drug-likeness (QED) is 0.515. The Morgan fingerprint density at radius 3 is 2.16 bits per heavy atom. The molecule has 3 aromatic carbocycles. The first kappa shape index (κ1) is 23.1. The van der Waals surface area contributed by atoms with Gasteiger partial charge in [-0.05, 0) is 42.5 Å². The maximum atomic E-state index is 13.7. The van der Waals surface area contributed by atoms with E-state index in [2.05, 4.69) is 5.32 Å². The van der Waals surface area contributed by atoms with Crippen molar-refractivity contribution in [2.24, 2.45) is 0 Å². The number of halogens is 3. The van der Waals surface area contributed by atoms with E-state index in [0.717, 1.165) is 10.6 Å². The highest BCUT2D eigenvalue weighted by molar-refractivity contribution is 7.92. The third-order valence-corrected chi connectivity index (χ3v) is 6.43. The van der Waals surface area contributed by atoms with Crippen LogP contribution < -0.4 is 9.62 Å². The van der Waals surface area contributed by atoms with Crippen LogP contribution in [0.5, 0.6) is 0 Å². The zero-order chi connectivity index (χ0) is 22.6. The van der Waals surface area contributed by atoms with Crippen molar-refractivity contribution in [3.63, 3.8) is 0 Å². The highest BCUT2D eigenvalue weighted by Crippen LogP contribution is 2.29. The van der Waals surface area contributed by atoms with Crippen molar-refractivity contribution in [3.8, 4) is 0 Å². The molecule has 3 rings (SSSR count). The fourth-order valence-electron chi connectivity index (χ4n) is 2.93. The molecule has 0 aliphatic rings. The minimum Gasteiger partial charge on any atom is -0.348 e. The molecule has 1 N–H and O–H groups in total. The molecule has 31 heavy (non-hydrogen) atoms. The van der Waals surface area contributed by atoms with Gasteiger partial charge in [0.05, 0.1) is 18.5 Å². The number of carbonyl (C=O) groups is 1. The summed E-state index contributed by atoms with van der Waals surface area (Å²) in [5.41, 5.74) is 1.50. The fourth-order valence-corrected chi connectivity index (χ4v) is 4.31. The Kier molecular flexibility index (Phi) is 7.20. The second-order valence-electron chi connectivity index (χ2n) is 6.79. The van der Waals surface area contributed by atoms with Crippen molar-refractivity contribution in [1.29, 1.82) is 0 Å². The van der Waals surface area contributed by atoms with Crippen molar-refractivity contribution in [3.05, 3.63) is 99.3 Å². The van der Waals surface area contributed by atoms with Crippen LogP contribution in [0.15, 0.2) is 66.7 Å². The summed E-state index contributed by atoms with van der Waals surface area (Å²) >= 11 is 12.4. The molecule has 0 atom stereocenters. The molecule has 0 spiro atoms. The van der Waals surface area contributed by atoms with Crippen molar-refractivity contribution in [2.75, 3.05) is 10.6 Å². The van der Waals surface area contributed by atoms with E-state index in [1.54, 1.807) is 36.4 Å². The van der Waals surface area contributed by atoms with Crippen LogP contribution in [0.25, 0.3) is 0 Å². The van der Waals surface area contributed by atoms with E-state index in [1.807, 2.05) is 0 Å². The fraction of sp³-hybridized carbons (Fsp3) is 0.136. The third kappa shape index (κ3) is 5.76. The number of hydrogen-bond acceptors (Lipinski definition) is 3. The third-order valence-electron chi connectivity index (χ3n) is 4.58. The Bertz CT molecular complexity index is 1180. The molecule has 1 amide bonds. The van der Waals surface area contributed by atoms with E-state index in [4.69, 9.17) is 23.2 Å². The number of nitrogens with zero attached hydrogens (tertiary/aromatic N) is 1. The summed E-state index contributed by atoms with van der Waals surface area (Å²) in [7, 11) is -3.66. The summed E-state index contributed by atoms with van der Waals surface area (Å²) in [5.74, 6) is -0.810. The predicted molar refractivity (Wildman–Crippen MR) is 122 cm³/mol. The van der Waals surface area contributed by atoms with Gasteiger partial charge in [0.2, 0.25) is 10.0 Å². The zero-order valence-electron chi connectivity index (χ0n) is 16.5. The van der Waals surface area contributed by atoms with Crippen molar-refractivity contribution < 1.29 is 17.6 Å². The van der Waals surface area contributed by atoms with Crippen LogP contribution in [0, 0.1) is 5.82 Å².